The molecule has 1 fully saturated rings. The molecule has 1 atom stereocenters. The zero-order valence-corrected chi connectivity index (χ0v) is 16.4. The second kappa shape index (κ2) is 8.69. The molecule has 0 bridgehead atoms. The van der Waals surface area contributed by atoms with Crippen molar-refractivity contribution in [1.29, 1.82) is 0 Å². The Morgan fingerprint density at radius 3 is 2.93 bits per heavy atom. The van der Waals surface area contributed by atoms with Crippen molar-refractivity contribution in [2.24, 2.45) is 0 Å². The second-order valence-electron chi connectivity index (χ2n) is 7.78. The number of hydrogen-bond acceptors (Lipinski definition) is 4. The van der Waals surface area contributed by atoms with E-state index in [9.17, 15) is 4.79 Å². The third kappa shape index (κ3) is 4.02. The van der Waals surface area contributed by atoms with Crippen LogP contribution < -0.4 is 5.32 Å². The number of carbonyl (C=O) groups is 1. The van der Waals surface area contributed by atoms with Gasteiger partial charge in [-0.25, -0.2) is 0 Å². The van der Waals surface area contributed by atoms with Crippen LogP contribution in [0.25, 0.3) is 0 Å². The van der Waals surface area contributed by atoms with Crippen molar-refractivity contribution in [2.75, 3.05) is 13.1 Å². The van der Waals surface area contributed by atoms with Gasteiger partial charge in [0.05, 0.1) is 6.54 Å². The van der Waals surface area contributed by atoms with Crippen LogP contribution >= 0.6 is 0 Å². The molecule has 0 radical (unpaired) electrons. The lowest BCUT2D eigenvalue weighted by Crippen LogP contribution is -2.38. The Kier molecular flexibility index (Phi) is 5.86. The minimum absolute atomic E-state index is 0.103. The highest BCUT2D eigenvalue weighted by Gasteiger charge is 2.31. The van der Waals surface area contributed by atoms with Crippen molar-refractivity contribution in [3.05, 3.63) is 59.7 Å². The van der Waals surface area contributed by atoms with Crippen LogP contribution in [-0.4, -0.2) is 44.7 Å². The molecular formula is C22H29N5O. The fourth-order valence-electron chi connectivity index (χ4n) is 4.32. The summed E-state index contributed by atoms with van der Waals surface area (Å²) in [7, 11) is 0. The van der Waals surface area contributed by atoms with Crippen LogP contribution in [0, 0.1) is 0 Å². The third-order valence-corrected chi connectivity index (χ3v) is 5.81. The highest BCUT2D eigenvalue weighted by molar-refractivity contribution is 5.94. The number of hydrogen-bond donors (Lipinski definition) is 1. The van der Waals surface area contributed by atoms with Crippen molar-refractivity contribution < 1.29 is 4.79 Å². The maximum Gasteiger partial charge on any atom is 0.274 e. The Bertz CT molecular complexity index is 823. The molecule has 6 nitrogen and oxygen atoms in total. The van der Waals surface area contributed by atoms with E-state index in [1.165, 1.54) is 17.7 Å². The minimum Gasteiger partial charge on any atom is -0.337 e. The molecular weight excluding hydrogens is 350 g/mol. The smallest absolute Gasteiger partial charge is 0.274 e. The number of carbonyl (C=O) groups excluding carboxylic acids is 1. The first-order valence-corrected chi connectivity index (χ1v) is 10.4. The molecule has 6 heteroatoms. The molecule has 148 valence electrons. The summed E-state index contributed by atoms with van der Waals surface area (Å²) in [4.78, 5) is 19.3. The van der Waals surface area contributed by atoms with Crippen LogP contribution in [0.5, 0.6) is 0 Å². The number of piperidine rings is 1. The minimum atomic E-state index is 0.103. The molecule has 1 saturated heterocycles. The van der Waals surface area contributed by atoms with Crippen LogP contribution in [0.15, 0.2) is 37.2 Å². The number of likely N-dealkylation sites (tertiary alicyclic amines) is 1. The van der Waals surface area contributed by atoms with Gasteiger partial charge in [-0.2, -0.15) is 5.10 Å². The van der Waals surface area contributed by atoms with E-state index in [0.29, 0.717) is 18.3 Å². The lowest BCUT2D eigenvalue weighted by atomic mass is 9.90. The van der Waals surface area contributed by atoms with Crippen LogP contribution in [0.1, 0.15) is 53.0 Å². The molecule has 0 aromatic carbocycles. The molecule has 2 aromatic rings. The summed E-state index contributed by atoms with van der Waals surface area (Å²) in [6, 6.07) is 4.40. The van der Waals surface area contributed by atoms with Gasteiger partial charge in [0.15, 0.2) is 5.69 Å². The van der Waals surface area contributed by atoms with Crippen molar-refractivity contribution in [1.82, 2.24) is 25.0 Å². The summed E-state index contributed by atoms with van der Waals surface area (Å²) in [5.74, 6) is 0.103. The predicted octanol–water partition coefficient (Wildman–Crippen LogP) is 2.74. The van der Waals surface area contributed by atoms with E-state index < -0.39 is 0 Å². The first-order chi connectivity index (χ1) is 13.8. The van der Waals surface area contributed by atoms with E-state index in [-0.39, 0.29) is 5.91 Å². The fraction of sp³-hybridized carbons (Fsp3) is 0.500. The average molecular weight is 380 g/mol. The zero-order chi connectivity index (χ0) is 19.3. The quantitative estimate of drug-likeness (QED) is 0.784. The number of aromatic nitrogens is 3. The Balaban J connectivity index is 1.52. The number of nitrogens with zero attached hydrogens (tertiary/aromatic N) is 4. The van der Waals surface area contributed by atoms with Crippen LogP contribution in [0.2, 0.25) is 0 Å². The van der Waals surface area contributed by atoms with Crippen molar-refractivity contribution in [2.45, 2.75) is 57.7 Å². The molecule has 1 amide bonds. The highest BCUT2D eigenvalue weighted by Crippen LogP contribution is 2.27. The first kappa shape index (κ1) is 18.9. The molecule has 4 rings (SSSR count). The van der Waals surface area contributed by atoms with Crippen LogP contribution in [0.3, 0.4) is 0 Å². The summed E-state index contributed by atoms with van der Waals surface area (Å²) in [6.07, 6.45) is 11.8. The lowest BCUT2D eigenvalue weighted by molar-refractivity contribution is 0.0716. The number of fused-ring (bicyclic) bond motifs is 1. The predicted molar refractivity (Wildman–Crippen MR) is 109 cm³/mol. The van der Waals surface area contributed by atoms with E-state index in [2.05, 4.69) is 22.9 Å². The molecule has 2 aromatic heterocycles. The molecule has 3 heterocycles. The summed E-state index contributed by atoms with van der Waals surface area (Å²) in [5, 5.41) is 8.37. The topological polar surface area (TPSA) is 63.1 Å². The second-order valence-corrected chi connectivity index (χ2v) is 7.78. The van der Waals surface area contributed by atoms with Gasteiger partial charge >= 0.3 is 0 Å². The third-order valence-electron chi connectivity index (χ3n) is 5.81. The van der Waals surface area contributed by atoms with Gasteiger partial charge in [0.25, 0.3) is 5.91 Å². The fourth-order valence-corrected chi connectivity index (χ4v) is 4.32. The van der Waals surface area contributed by atoms with E-state index in [4.69, 9.17) is 5.10 Å². The molecule has 1 aliphatic heterocycles. The molecule has 0 saturated carbocycles. The number of pyridine rings is 1. The standard InChI is InChI=1S/C22H29N5O/c1-2-11-27-20-9-8-18(24-16-17-7-6-10-23-15-17)14-19(20)21(25-27)22(28)26-12-4-3-5-13-26/h2,6-7,10,15,18,24H,1,3-5,8-9,11-14,16H2/t18-/m0/s1. The van der Waals surface area contributed by atoms with E-state index in [1.807, 2.05) is 27.9 Å². The summed E-state index contributed by atoms with van der Waals surface area (Å²) in [6.45, 7) is 7.01. The van der Waals surface area contributed by atoms with Gasteiger partial charge < -0.3 is 10.2 Å². The molecule has 1 N–H and O–H groups in total. The molecule has 28 heavy (non-hydrogen) atoms. The number of nitrogens with one attached hydrogen (secondary N) is 1. The normalized spacial score (nSPS) is 19.3. The number of amides is 1. The lowest BCUT2D eigenvalue weighted by Gasteiger charge is -2.27. The van der Waals surface area contributed by atoms with Gasteiger partial charge in [-0.05, 0) is 50.2 Å². The molecule has 0 unspecified atom stereocenters. The first-order valence-electron chi connectivity index (χ1n) is 10.4. The molecule has 1 aliphatic carbocycles. The van der Waals surface area contributed by atoms with Gasteiger partial charge in [0.2, 0.25) is 0 Å². The monoisotopic (exact) mass is 379 g/mol. The summed E-state index contributed by atoms with van der Waals surface area (Å²) >= 11 is 0. The van der Waals surface area contributed by atoms with E-state index in [0.717, 1.165) is 57.3 Å². The Labute approximate surface area is 166 Å². The van der Waals surface area contributed by atoms with Gasteiger partial charge in [0, 0.05) is 49.3 Å². The zero-order valence-electron chi connectivity index (χ0n) is 16.4. The van der Waals surface area contributed by atoms with Crippen molar-refractivity contribution in [3.8, 4) is 0 Å². The van der Waals surface area contributed by atoms with Gasteiger partial charge in [0.1, 0.15) is 0 Å². The molecule has 2 aliphatic rings. The van der Waals surface area contributed by atoms with E-state index >= 15 is 0 Å². The highest BCUT2D eigenvalue weighted by atomic mass is 16.2. The number of rotatable bonds is 6. The van der Waals surface area contributed by atoms with Crippen molar-refractivity contribution >= 4 is 5.91 Å². The Morgan fingerprint density at radius 1 is 1.32 bits per heavy atom. The molecule has 0 spiro atoms. The Morgan fingerprint density at radius 2 is 2.18 bits per heavy atom. The van der Waals surface area contributed by atoms with Gasteiger partial charge in [-0.15, -0.1) is 6.58 Å². The Hall–Kier alpha value is -2.47. The maximum absolute atomic E-state index is 13.2. The SMILES string of the molecule is C=CCn1nc(C(=O)N2CCCCC2)c2c1CC[C@H](NCc1cccnc1)C2. The summed E-state index contributed by atoms with van der Waals surface area (Å²) < 4.78 is 1.98. The van der Waals surface area contributed by atoms with Crippen LogP contribution in [-0.2, 0) is 25.9 Å². The van der Waals surface area contributed by atoms with Crippen LogP contribution in [0.4, 0.5) is 0 Å². The maximum atomic E-state index is 13.2. The van der Waals surface area contributed by atoms with Gasteiger partial charge in [-0.3, -0.25) is 14.5 Å². The summed E-state index contributed by atoms with van der Waals surface area (Å²) in [5.41, 5.74) is 4.18. The van der Waals surface area contributed by atoms with Crippen molar-refractivity contribution in [3.63, 3.8) is 0 Å². The average Bonchev–Trinajstić information content (AvgIpc) is 3.11. The largest absolute Gasteiger partial charge is 0.337 e. The van der Waals surface area contributed by atoms with Gasteiger partial charge in [-0.1, -0.05) is 12.1 Å². The number of allylic oxidation sites excluding steroid dienone is 1. The van der Waals surface area contributed by atoms with E-state index in [1.54, 1.807) is 6.20 Å².